The van der Waals surface area contributed by atoms with Crippen molar-refractivity contribution in [1.29, 1.82) is 0 Å². The Kier molecular flexibility index (Phi) is 2.07. The topological polar surface area (TPSA) is 43.4 Å². The quantitative estimate of drug-likeness (QED) is 0.641. The lowest BCUT2D eigenvalue weighted by Gasteiger charge is -2.06. The highest BCUT2D eigenvalue weighted by Gasteiger charge is 2.48. The van der Waals surface area contributed by atoms with Crippen LogP contribution in [0.25, 0.3) is 0 Å². The number of rotatable bonds is 1. The molecule has 1 rings (SSSR count). The van der Waals surface area contributed by atoms with Gasteiger partial charge in [-0.05, 0) is 0 Å². The highest BCUT2D eigenvalue weighted by Crippen LogP contribution is 2.32. The van der Waals surface area contributed by atoms with Gasteiger partial charge in [-0.15, -0.1) is 0 Å². The van der Waals surface area contributed by atoms with Gasteiger partial charge in [-0.1, -0.05) is 0 Å². The molecular weight excluding hydrogens is 197 g/mol. The smallest absolute Gasteiger partial charge is 0.500 e. The van der Waals surface area contributed by atoms with Gasteiger partial charge in [-0.25, -0.2) is 8.42 Å². The fourth-order valence-electron chi connectivity index (χ4n) is 0.717. The van der Waals surface area contributed by atoms with Gasteiger partial charge in [0.15, 0.2) is 0 Å². The van der Waals surface area contributed by atoms with Crippen molar-refractivity contribution >= 4 is 9.84 Å². The molecule has 0 aromatic carbocycles. The van der Waals surface area contributed by atoms with Crippen LogP contribution in [0.15, 0.2) is 11.2 Å². The standard InChI is InChI=1S/C5H5F3O3S/c6-5(7,8)12(9,10)4-1-2-11-3-4/h3H,1-2H2. The molecule has 0 bridgehead atoms. The van der Waals surface area contributed by atoms with Crippen molar-refractivity contribution in [2.45, 2.75) is 11.9 Å². The molecule has 7 heteroatoms. The number of sulfone groups is 1. The Labute approximate surface area is 66.7 Å². The third kappa shape index (κ3) is 1.40. The Morgan fingerprint density at radius 3 is 2.33 bits per heavy atom. The summed E-state index contributed by atoms with van der Waals surface area (Å²) in [6.07, 6.45) is 0.435. The van der Waals surface area contributed by atoms with E-state index in [1.54, 1.807) is 0 Å². The fraction of sp³-hybridized carbons (Fsp3) is 0.600. The van der Waals surface area contributed by atoms with Crippen LogP contribution in [0.1, 0.15) is 6.42 Å². The van der Waals surface area contributed by atoms with Crippen LogP contribution in [0.2, 0.25) is 0 Å². The number of hydrogen-bond donors (Lipinski definition) is 0. The van der Waals surface area contributed by atoms with E-state index in [0.717, 1.165) is 0 Å². The Morgan fingerprint density at radius 2 is 2.00 bits per heavy atom. The van der Waals surface area contributed by atoms with E-state index in [-0.39, 0.29) is 13.0 Å². The second kappa shape index (κ2) is 2.65. The van der Waals surface area contributed by atoms with Crippen LogP contribution in [0, 0.1) is 0 Å². The summed E-state index contributed by atoms with van der Waals surface area (Å²) >= 11 is 0. The number of ether oxygens (including phenoxy) is 1. The predicted molar refractivity (Wildman–Crippen MR) is 33.6 cm³/mol. The molecule has 0 atom stereocenters. The molecule has 0 aliphatic carbocycles. The minimum absolute atomic E-state index is 0.00928. The Morgan fingerprint density at radius 1 is 1.42 bits per heavy atom. The molecule has 12 heavy (non-hydrogen) atoms. The van der Waals surface area contributed by atoms with Gasteiger partial charge in [0.05, 0.1) is 17.8 Å². The van der Waals surface area contributed by atoms with E-state index in [4.69, 9.17) is 0 Å². The van der Waals surface area contributed by atoms with Crippen LogP contribution >= 0.6 is 0 Å². The molecule has 0 saturated carbocycles. The van der Waals surface area contributed by atoms with Crippen LogP contribution in [-0.2, 0) is 14.6 Å². The van der Waals surface area contributed by atoms with Gasteiger partial charge in [0, 0.05) is 6.42 Å². The Hall–Kier alpha value is -0.720. The average Bonchev–Trinajstić information content (AvgIpc) is 2.34. The first-order chi connectivity index (χ1) is 5.36. The summed E-state index contributed by atoms with van der Waals surface area (Å²) in [5, 5.41) is 0. The maximum Gasteiger partial charge on any atom is 0.501 e. The second-order valence-electron chi connectivity index (χ2n) is 2.15. The van der Waals surface area contributed by atoms with Crippen LogP contribution in [0.3, 0.4) is 0 Å². The summed E-state index contributed by atoms with van der Waals surface area (Å²) in [5.74, 6) is 0. The van der Waals surface area contributed by atoms with E-state index in [1.165, 1.54) is 0 Å². The van der Waals surface area contributed by atoms with Crippen molar-refractivity contribution in [3.05, 3.63) is 11.2 Å². The van der Waals surface area contributed by atoms with Crippen molar-refractivity contribution in [3.63, 3.8) is 0 Å². The van der Waals surface area contributed by atoms with Gasteiger partial charge in [0.25, 0.3) is 9.84 Å². The minimum Gasteiger partial charge on any atom is -0.500 e. The largest absolute Gasteiger partial charge is 0.501 e. The first-order valence-corrected chi connectivity index (χ1v) is 4.46. The zero-order valence-electron chi connectivity index (χ0n) is 5.76. The molecule has 0 aromatic heterocycles. The van der Waals surface area contributed by atoms with Crippen molar-refractivity contribution in [3.8, 4) is 0 Å². The molecule has 0 amide bonds. The lowest BCUT2D eigenvalue weighted by molar-refractivity contribution is -0.0427. The van der Waals surface area contributed by atoms with Crippen molar-refractivity contribution in [1.82, 2.24) is 0 Å². The molecule has 0 saturated heterocycles. The Bertz CT molecular complexity index is 300. The van der Waals surface area contributed by atoms with Gasteiger partial charge in [-0.2, -0.15) is 13.2 Å². The van der Waals surface area contributed by atoms with Crippen LogP contribution in [-0.4, -0.2) is 20.5 Å². The molecule has 1 aliphatic heterocycles. The molecule has 1 heterocycles. The summed E-state index contributed by atoms with van der Waals surface area (Å²) in [6.45, 7) is -0.00928. The molecular formula is C5H5F3O3S. The lowest BCUT2D eigenvalue weighted by Crippen LogP contribution is -2.24. The fourth-order valence-corrected chi connectivity index (χ4v) is 1.56. The maximum atomic E-state index is 11.8. The highest BCUT2D eigenvalue weighted by molar-refractivity contribution is 7.96. The zero-order chi connectivity index (χ0) is 9.41. The average molecular weight is 202 g/mol. The van der Waals surface area contributed by atoms with E-state index < -0.39 is 20.3 Å². The monoisotopic (exact) mass is 202 g/mol. The Balaban J connectivity index is 3.02. The third-order valence-corrected chi connectivity index (χ3v) is 2.93. The molecule has 0 radical (unpaired) electrons. The summed E-state index contributed by atoms with van der Waals surface area (Å²) < 4.78 is 61.0. The van der Waals surface area contributed by atoms with Crippen LogP contribution < -0.4 is 0 Å². The van der Waals surface area contributed by atoms with Crippen LogP contribution in [0.5, 0.6) is 0 Å². The van der Waals surface area contributed by atoms with Gasteiger partial charge in [0.1, 0.15) is 0 Å². The molecule has 0 N–H and O–H groups in total. The number of hydrogen-bond acceptors (Lipinski definition) is 3. The predicted octanol–water partition coefficient (Wildman–Crippen LogP) is 1.18. The normalized spacial score (nSPS) is 18.8. The summed E-state index contributed by atoms with van der Waals surface area (Å²) in [6, 6.07) is 0. The van der Waals surface area contributed by atoms with E-state index in [0.29, 0.717) is 6.26 Å². The van der Waals surface area contributed by atoms with E-state index >= 15 is 0 Å². The second-order valence-corrected chi connectivity index (χ2v) is 4.15. The van der Waals surface area contributed by atoms with Gasteiger partial charge in [0.2, 0.25) is 0 Å². The van der Waals surface area contributed by atoms with Gasteiger partial charge < -0.3 is 4.74 Å². The molecule has 0 aromatic rings. The van der Waals surface area contributed by atoms with Gasteiger partial charge in [-0.3, -0.25) is 0 Å². The first-order valence-electron chi connectivity index (χ1n) is 2.98. The molecule has 1 aliphatic rings. The SMILES string of the molecule is O=S(=O)(C1=COCC1)C(F)(F)F. The lowest BCUT2D eigenvalue weighted by atomic mass is 10.5. The first kappa shape index (κ1) is 9.37. The van der Waals surface area contributed by atoms with E-state index in [1.807, 2.05) is 0 Å². The van der Waals surface area contributed by atoms with E-state index in [2.05, 4.69) is 4.74 Å². The molecule has 0 unspecified atom stereocenters. The summed E-state index contributed by atoms with van der Waals surface area (Å²) in [4.78, 5) is -0.699. The zero-order valence-corrected chi connectivity index (χ0v) is 6.57. The van der Waals surface area contributed by atoms with Crippen LogP contribution in [0.4, 0.5) is 13.2 Å². The highest BCUT2D eigenvalue weighted by atomic mass is 32.2. The molecule has 0 fully saturated rings. The van der Waals surface area contributed by atoms with Crippen molar-refractivity contribution in [2.75, 3.05) is 6.61 Å². The third-order valence-electron chi connectivity index (χ3n) is 1.33. The van der Waals surface area contributed by atoms with Gasteiger partial charge >= 0.3 is 5.51 Å². The molecule has 70 valence electrons. The van der Waals surface area contributed by atoms with Crippen molar-refractivity contribution < 1.29 is 26.3 Å². The molecule has 3 nitrogen and oxygen atoms in total. The maximum absolute atomic E-state index is 11.8. The molecule has 0 spiro atoms. The van der Waals surface area contributed by atoms with E-state index in [9.17, 15) is 21.6 Å². The number of alkyl halides is 3. The number of halogens is 3. The van der Waals surface area contributed by atoms with Crippen molar-refractivity contribution in [2.24, 2.45) is 0 Å². The minimum atomic E-state index is -5.22. The summed E-state index contributed by atoms with van der Waals surface area (Å²) in [5.41, 5.74) is -5.22. The summed E-state index contributed by atoms with van der Waals surface area (Å²) in [7, 11) is -5.14.